The second-order valence-electron chi connectivity index (χ2n) is 5.45. The number of hydrogen-bond donors (Lipinski definition) is 1. The molecule has 0 saturated carbocycles. The van der Waals surface area contributed by atoms with Crippen molar-refractivity contribution in [2.75, 3.05) is 19.4 Å². The number of carbonyl (C=O) groups is 2. The number of carbonyl (C=O) groups excluding carboxylic acids is 2. The van der Waals surface area contributed by atoms with Crippen LogP contribution in [0.25, 0.3) is 0 Å². The van der Waals surface area contributed by atoms with Gasteiger partial charge < -0.3 is 10.2 Å². The maximum absolute atomic E-state index is 12.3. The van der Waals surface area contributed by atoms with Crippen molar-refractivity contribution in [3.8, 4) is 0 Å². The van der Waals surface area contributed by atoms with E-state index in [4.69, 9.17) is 0 Å². The third-order valence-corrected chi connectivity index (χ3v) is 3.43. The van der Waals surface area contributed by atoms with Gasteiger partial charge in [0.2, 0.25) is 0 Å². The predicted molar refractivity (Wildman–Crippen MR) is 92.2 cm³/mol. The molecule has 0 spiro atoms. The molecule has 0 unspecified atom stereocenters. The lowest BCUT2D eigenvalue weighted by atomic mass is 10.1. The van der Waals surface area contributed by atoms with E-state index < -0.39 is 27.1 Å². The van der Waals surface area contributed by atoms with Crippen LogP contribution >= 0.6 is 0 Å². The van der Waals surface area contributed by atoms with Gasteiger partial charge in [-0.05, 0) is 30.3 Å². The number of nitro benzene ring substituents is 2. The molecule has 2 rings (SSSR count). The highest BCUT2D eigenvalue weighted by molar-refractivity contribution is 6.07. The Labute approximate surface area is 147 Å². The van der Waals surface area contributed by atoms with Crippen LogP contribution in [-0.4, -0.2) is 40.7 Å². The van der Waals surface area contributed by atoms with Crippen LogP contribution in [-0.2, 0) is 0 Å². The zero-order chi connectivity index (χ0) is 19.4. The first-order valence-electron chi connectivity index (χ1n) is 7.26. The smallest absolute Gasteiger partial charge is 0.289 e. The second-order valence-corrected chi connectivity index (χ2v) is 5.45. The van der Waals surface area contributed by atoms with E-state index in [0.29, 0.717) is 11.3 Å². The minimum Gasteiger partial charge on any atom is -0.345 e. The molecule has 0 aromatic heterocycles. The Morgan fingerprint density at radius 3 is 2.08 bits per heavy atom. The molecule has 2 aromatic rings. The van der Waals surface area contributed by atoms with Gasteiger partial charge >= 0.3 is 0 Å². The van der Waals surface area contributed by atoms with E-state index in [1.165, 1.54) is 29.2 Å². The molecular weight excluding hydrogens is 344 g/mol. The topological polar surface area (TPSA) is 136 Å². The van der Waals surface area contributed by atoms with Crippen LogP contribution in [0.15, 0.2) is 42.5 Å². The van der Waals surface area contributed by atoms with Crippen LogP contribution in [0, 0.1) is 20.2 Å². The monoisotopic (exact) mass is 358 g/mol. The molecule has 26 heavy (non-hydrogen) atoms. The van der Waals surface area contributed by atoms with Gasteiger partial charge in [-0.1, -0.05) is 0 Å². The summed E-state index contributed by atoms with van der Waals surface area (Å²) < 4.78 is 0. The van der Waals surface area contributed by atoms with Gasteiger partial charge in [0.05, 0.1) is 15.9 Å². The summed E-state index contributed by atoms with van der Waals surface area (Å²) in [6.07, 6.45) is 0. The molecule has 0 saturated heterocycles. The molecule has 0 aliphatic heterocycles. The van der Waals surface area contributed by atoms with Crippen molar-refractivity contribution in [1.82, 2.24) is 4.90 Å². The van der Waals surface area contributed by atoms with E-state index >= 15 is 0 Å². The number of amides is 2. The largest absolute Gasteiger partial charge is 0.345 e. The fraction of sp³-hybridized carbons (Fsp3) is 0.125. The molecule has 134 valence electrons. The number of nitro groups is 2. The number of nitrogens with zero attached hydrogens (tertiary/aromatic N) is 3. The van der Waals surface area contributed by atoms with Gasteiger partial charge in [-0.2, -0.15) is 0 Å². The summed E-state index contributed by atoms with van der Waals surface area (Å²) in [5.41, 5.74) is -0.739. The van der Waals surface area contributed by atoms with Crippen LogP contribution < -0.4 is 5.32 Å². The molecule has 0 radical (unpaired) electrons. The average molecular weight is 358 g/mol. The number of hydrogen-bond acceptors (Lipinski definition) is 6. The Bertz CT molecular complexity index is 892. The maximum Gasteiger partial charge on any atom is 0.289 e. The number of nitrogens with one attached hydrogen (secondary N) is 1. The summed E-state index contributed by atoms with van der Waals surface area (Å²) in [7, 11) is 3.21. The van der Waals surface area contributed by atoms with Gasteiger partial charge in [0.15, 0.2) is 0 Å². The maximum atomic E-state index is 12.3. The third-order valence-electron chi connectivity index (χ3n) is 3.43. The van der Waals surface area contributed by atoms with E-state index in [2.05, 4.69) is 5.32 Å². The van der Waals surface area contributed by atoms with Crippen molar-refractivity contribution in [2.24, 2.45) is 0 Å². The zero-order valence-electron chi connectivity index (χ0n) is 13.8. The van der Waals surface area contributed by atoms with E-state index in [1.807, 2.05) is 0 Å². The first kappa shape index (κ1) is 18.5. The van der Waals surface area contributed by atoms with Crippen molar-refractivity contribution in [3.63, 3.8) is 0 Å². The van der Waals surface area contributed by atoms with E-state index in [0.717, 1.165) is 18.2 Å². The quantitative estimate of drug-likeness (QED) is 0.644. The first-order valence-corrected chi connectivity index (χ1v) is 7.26. The highest BCUT2D eigenvalue weighted by Crippen LogP contribution is 2.25. The van der Waals surface area contributed by atoms with E-state index in [1.54, 1.807) is 14.1 Å². The van der Waals surface area contributed by atoms with Crippen molar-refractivity contribution in [3.05, 3.63) is 73.8 Å². The SMILES string of the molecule is CN(C)C(=O)c1ccc(NC(=O)c2ccc([N+](=O)[O-])cc2[N+](=O)[O-])cc1. The summed E-state index contributed by atoms with van der Waals surface area (Å²) in [6, 6.07) is 8.73. The summed E-state index contributed by atoms with van der Waals surface area (Å²) in [5, 5.41) is 24.3. The lowest BCUT2D eigenvalue weighted by molar-refractivity contribution is -0.394. The number of benzene rings is 2. The van der Waals surface area contributed by atoms with Gasteiger partial charge in [0.25, 0.3) is 23.2 Å². The van der Waals surface area contributed by atoms with Crippen LogP contribution in [0.3, 0.4) is 0 Å². The van der Waals surface area contributed by atoms with Gasteiger partial charge in [0.1, 0.15) is 5.56 Å². The highest BCUT2D eigenvalue weighted by Gasteiger charge is 2.24. The van der Waals surface area contributed by atoms with Crippen LogP contribution in [0.4, 0.5) is 17.1 Å². The van der Waals surface area contributed by atoms with Crippen molar-refractivity contribution < 1.29 is 19.4 Å². The van der Waals surface area contributed by atoms with Gasteiger partial charge in [-0.3, -0.25) is 29.8 Å². The molecule has 2 amide bonds. The predicted octanol–water partition coefficient (Wildman–Crippen LogP) is 2.46. The number of rotatable bonds is 5. The van der Waals surface area contributed by atoms with Crippen LogP contribution in [0.2, 0.25) is 0 Å². The van der Waals surface area contributed by atoms with E-state index in [9.17, 15) is 29.8 Å². The third kappa shape index (κ3) is 3.98. The second kappa shape index (κ2) is 7.38. The zero-order valence-corrected chi connectivity index (χ0v) is 13.8. The lowest BCUT2D eigenvalue weighted by Gasteiger charge is -2.11. The normalized spacial score (nSPS) is 10.1. The Kier molecular flexibility index (Phi) is 5.26. The van der Waals surface area contributed by atoms with Gasteiger partial charge in [-0.15, -0.1) is 0 Å². The average Bonchev–Trinajstić information content (AvgIpc) is 2.60. The Balaban J connectivity index is 2.26. The lowest BCUT2D eigenvalue weighted by Crippen LogP contribution is -2.21. The summed E-state index contributed by atoms with van der Waals surface area (Å²) in [5.74, 6) is -1.01. The van der Waals surface area contributed by atoms with Crippen molar-refractivity contribution in [2.45, 2.75) is 0 Å². The molecule has 0 aliphatic carbocycles. The van der Waals surface area contributed by atoms with Crippen molar-refractivity contribution >= 4 is 28.9 Å². The molecule has 2 aromatic carbocycles. The van der Waals surface area contributed by atoms with Gasteiger partial charge in [-0.25, -0.2) is 0 Å². The molecule has 0 fully saturated rings. The molecule has 0 heterocycles. The van der Waals surface area contributed by atoms with Crippen LogP contribution in [0.1, 0.15) is 20.7 Å². The molecule has 1 N–H and O–H groups in total. The van der Waals surface area contributed by atoms with Crippen LogP contribution in [0.5, 0.6) is 0 Å². The first-order chi connectivity index (χ1) is 12.2. The molecule has 0 bridgehead atoms. The van der Waals surface area contributed by atoms with Crippen molar-refractivity contribution in [1.29, 1.82) is 0 Å². The fourth-order valence-electron chi connectivity index (χ4n) is 2.13. The summed E-state index contributed by atoms with van der Waals surface area (Å²) >= 11 is 0. The minimum absolute atomic E-state index is 0.214. The molecule has 0 atom stereocenters. The molecular formula is C16H14N4O6. The molecule has 10 heteroatoms. The highest BCUT2D eigenvalue weighted by atomic mass is 16.6. The fourth-order valence-corrected chi connectivity index (χ4v) is 2.13. The van der Waals surface area contributed by atoms with E-state index in [-0.39, 0.29) is 11.5 Å². The molecule has 10 nitrogen and oxygen atoms in total. The number of anilines is 1. The summed E-state index contributed by atoms with van der Waals surface area (Å²) in [6.45, 7) is 0. The Morgan fingerprint density at radius 1 is 0.962 bits per heavy atom. The Hall–Kier alpha value is -3.82. The van der Waals surface area contributed by atoms with Gasteiger partial charge in [0, 0.05) is 31.4 Å². The summed E-state index contributed by atoms with van der Waals surface area (Å²) in [4.78, 5) is 45.7. The standard InChI is InChI=1S/C16H14N4O6/c1-18(2)16(22)10-3-5-11(6-4-10)17-15(21)13-8-7-12(19(23)24)9-14(13)20(25)26/h3-9H,1-2H3,(H,17,21). The minimum atomic E-state index is -0.860. The Morgan fingerprint density at radius 2 is 1.58 bits per heavy atom. The number of non-ortho nitro benzene ring substituents is 1. The molecule has 0 aliphatic rings.